The van der Waals surface area contributed by atoms with Crippen molar-refractivity contribution in [2.45, 2.75) is 25.2 Å². The number of benzene rings is 8. The van der Waals surface area contributed by atoms with Crippen LogP contribution in [0.25, 0.3) is 72.0 Å². The van der Waals surface area contributed by atoms with E-state index in [0.29, 0.717) is 5.92 Å². The lowest BCUT2D eigenvalue weighted by Crippen LogP contribution is -2.10. The molecule has 11 rings (SSSR count). The lowest BCUT2D eigenvalue weighted by Gasteiger charge is -2.26. The highest BCUT2D eigenvalue weighted by Gasteiger charge is 2.22. The van der Waals surface area contributed by atoms with Crippen molar-refractivity contribution in [2.75, 3.05) is 4.90 Å². The second-order valence-electron chi connectivity index (χ2n) is 15.5. The van der Waals surface area contributed by atoms with E-state index in [9.17, 15) is 0 Å². The van der Waals surface area contributed by atoms with Gasteiger partial charge in [-0.05, 0) is 128 Å². The van der Waals surface area contributed by atoms with E-state index in [4.69, 9.17) is 4.42 Å². The Balaban J connectivity index is 1.01. The van der Waals surface area contributed by atoms with Gasteiger partial charge in [0.25, 0.3) is 0 Å². The van der Waals surface area contributed by atoms with Gasteiger partial charge in [-0.15, -0.1) is 0 Å². The summed E-state index contributed by atoms with van der Waals surface area (Å²) in [5.74, 6) is 1.41. The summed E-state index contributed by atoms with van der Waals surface area (Å²) in [5.41, 5.74) is 14.1. The van der Waals surface area contributed by atoms with Crippen LogP contribution in [0.3, 0.4) is 0 Å². The first kappa shape index (κ1) is 34.1. The minimum atomic E-state index is 0.306. The fraction of sp³-hybridized carbons (Fsp3) is 0.0714. The predicted molar refractivity (Wildman–Crippen MR) is 245 cm³/mol. The smallest absolute Gasteiger partial charge is 0.135 e. The molecule has 2 nitrogen and oxygen atoms in total. The Labute approximate surface area is 339 Å². The molecule has 1 atom stereocenters. The Hall–Kier alpha value is -7.16. The number of hydrogen-bond donors (Lipinski definition) is 0. The average Bonchev–Trinajstić information content (AvgIpc) is 3.67. The molecule has 2 aliphatic carbocycles. The number of allylic oxidation sites excluding steroid dienone is 5. The van der Waals surface area contributed by atoms with Crippen molar-refractivity contribution in [3.8, 4) is 33.4 Å². The van der Waals surface area contributed by atoms with E-state index in [-0.39, 0.29) is 0 Å². The fourth-order valence-electron chi connectivity index (χ4n) is 9.14. The summed E-state index contributed by atoms with van der Waals surface area (Å²) in [7, 11) is 0. The van der Waals surface area contributed by atoms with Crippen molar-refractivity contribution < 1.29 is 4.42 Å². The highest BCUT2D eigenvalue weighted by molar-refractivity contribution is 6.13. The maximum atomic E-state index is 6.51. The van der Waals surface area contributed by atoms with Gasteiger partial charge in [0.15, 0.2) is 0 Å². The molecule has 0 N–H and O–H groups in total. The van der Waals surface area contributed by atoms with E-state index in [0.717, 1.165) is 47.7 Å². The van der Waals surface area contributed by atoms with Crippen LogP contribution >= 0.6 is 0 Å². The second kappa shape index (κ2) is 14.4. The first-order valence-corrected chi connectivity index (χ1v) is 20.4. The number of fused-ring (bicyclic) bond motifs is 6. The lowest BCUT2D eigenvalue weighted by atomic mass is 9.85. The normalized spacial score (nSPS) is 14.7. The fourth-order valence-corrected chi connectivity index (χ4v) is 9.14. The van der Waals surface area contributed by atoms with Crippen molar-refractivity contribution in [2.24, 2.45) is 0 Å². The SMILES string of the molecule is C1=CCC(c2cc3c4c(oc3cc2-c2ccc(N(c3ccc(-c5ccccc5)cc3)c3ccc(-c5cc6ccccc6c6ccccc56)cc3)cc2)CCC=C4)C=C1. The lowest BCUT2D eigenvalue weighted by molar-refractivity contribution is 0.546. The molecule has 0 saturated carbocycles. The van der Waals surface area contributed by atoms with Crippen LogP contribution in [0, 0.1) is 0 Å². The van der Waals surface area contributed by atoms with Crippen LogP contribution in [-0.2, 0) is 6.42 Å². The maximum absolute atomic E-state index is 6.51. The zero-order valence-electron chi connectivity index (χ0n) is 32.2. The van der Waals surface area contributed by atoms with Gasteiger partial charge < -0.3 is 9.32 Å². The maximum Gasteiger partial charge on any atom is 0.135 e. The van der Waals surface area contributed by atoms with Gasteiger partial charge in [-0.2, -0.15) is 0 Å². The number of aryl methyl sites for hydroxylation is 1. The Bertz CT molecular complexity index is 3050. The second-order valence-corrected chi connectivity index (χ2v) is 15.5. The minimum Gasteiger partial charge on any atom is -0.460 e. The predicted octanol–water partition coefficient (Wildman–Crippen LogP) is 15.8. The summed E-state index contributed by atoms with van der Waals surface area (Å²) < 4.78 is 6.51. The van der Waals surface area contributed by atoms with E-state index in [2.05, 4.69) is 211 Å². The van der Waals surface area contributed by atoms with E-state index in [1.165, 1.54) is 71.4 Å². The summed E-state index contributed by atoms with van der Waals surface area (Å²) in [6.45, 7) is 0. The molecular formula is C56H41NO. The molecule has 2 aliphatic rings. The molecule has 1 aromatic heterocycles. The van der Waals surface area contributed by atoms with E-state index >= 15 is 0 Å². The van der Waals surface area contributed by atoms with Crippen molar-refractivity contribution in [1.29, 1.82) is 0 Å². The molecule has 0 spiro atoms. The monoisotopic (exact) mass is 743 g/mol. The van der Waals surface area contributed by atoms with Crippen LogP contribution in [-0.4, -0.2) is 0 Å². The molecule has 9 aromatic rings. The van der Waals surface area contributed by atoms with Gasteiger partial charge in [0, 0.05) is 40.4 Å². The number of hydrogen-bond acceptors (Lipinski definition) is 2. The van der Waals surface area contributed by atoms with Crippen LogP contribution in [0.2, 0.25) is 0 Å². The Kier molecular flexibility index (Phi) is 8.47. The van der Waals surface area contributed by atoms with Crippen molar-refractivity contribution in [1.82, 2.24) is 0 Å². The topological polar surface area (TPSA) is 16.4 Å². The zero-order valence-corrected chi connectivity index (χ0v) is 32.2. The van der Waals surface area contributed by atoms with Crippen LogP contribution in [0.15, 0.2) is 205 Å². The van der Waals surface area contributed by atoms with Gasteiger partial charge in [-0.25, -0.2) is 0 Å². The third-order valence-corrected chi connectivity index (χ3v) is 12.1. The Morgan fingerprint density at radius 2 is 1.10 bits per heavy atom. The van der Waals surface area contributed by atoms with Crippen LogP contribution < -0.4 is 4.90 Å². The largest absolute Gasteiger partial charge is 0.460 e. The van der Waals surface area contributed by atoms with E-state index < -0.39 is 0 Å². The van der Waals surface area contributed by atoms with Gasteiger partial charge in [0.05, 0.1) is 0 Å². The molecule has 0 fully saturated rings. The Morgan fingerprint density at radius 3 is 1.81 bits per heavy atom. The molecule has 1 heterocycles. The average molecular weight is 744 g/mol. The van der Waals surface area contributed by atoms with E-state index in [1.54, 1.807) is 0 Å². The number of nitrogens with zero attached hydrogens (tertiary/aromatic N) is 1. The van der Waals surface area contributed by atoms with Crippen LogP contribution in [0.5, 0.6) is 0 Å². The van der Waals surface area contributed by atoms with Gasteiger partial charge >= 0.3 is 0 Å². The molecule has 1 unspecified atom stereocenters. The van der Waals surface area contributed by atoms with Gasteiger partial charge in [-0.1, -0.05) is 152 Å². The highest BCUT2D eigenvalue weighted by atomic mass is 16.3. The summed E-state index contributed by atoms with van der Waals surface area (Å²) in [4.78, 5) is 2.37. The highest BCUT2D eigenvalue weighted by Crippen LogP contribution is 2.43. The molecule has 0 amide bonds. The molecule has 58 heavy (non-hydrogen) atoms. The quantitative estimate of drug-likeness (QED) is 0.151. The molecule has 276 valence electrons. The summed E-state index contributed by atoms with van der Waals surface area (Å²) in [6, 6.07) is 62.2. The summed E-state index contributed by atoms with van der Waals surface area (Å²) in [6.07, 6.45) is 16.4. The first-order valence-electron chi connectivity index (χ1n) is 20.4. The third-order valence-electron chi connectivity index (χ3n) is 12.1. The molecular weight excluding hydrogens is 703 g/mol. The molecule has 0 saturated heterocycles. The Morgan fingerprint density at radius 1 is 0.483 bits per heavy atom. The number of anilines is 3. The van der Waals surface area contributed by atoms with Crippen molar-refractivity contribution >= 4 is 55.7 Å². The van der Waals surface area contributed by atoms with Crippen LogP contribution in [0.4, 0.5) is 17.1 Å². The van der Waals surface area contributed by atoms with Crippen molar-refractivity contribution in [3.05, 3.63) is 217 Å². The van der Waals surface area contributed by atoms with Crippen LogP contribution in [0.1, 0.15) is 35.6 Å². The van der Waals surface area contributed by atoms with Gasteiger partial charge in [-0.3, -0.25) is 0 Å². The molecule has 0 aliphatic heterocycles. The number of rotatable bonds is 7. The van der Waals surface area contributed by atoms with Gasteiger partial charge in [0.1, 0.15) is 11.3 Å². The summed E-state index contributed by atoms with van der Waals surface area (Å²) >= 11 is 0. The molecule has 8 aromatic carbocycles. The van der Waals surface area contributed by atoms with Gasteiger partial charge in [0.2, 0.25) is 0 Å². The standard InChI is InChI=1S/C56H41NO/c1-3-13-38(14-4-1)39-23-29-44(30-24-39)57(45-31-25-41(26-32-45)51-35-43-17-7-8-18-47(43)48-19-9-10-20-49(48)51)46-33-27-42(28-34-46)53-37-56-54(50-21-11-12-22-55(50)58-56)36-52(53)40-15-5-2-6-16-40/h1-11,13-15,17-21,23-37,40H,12,16,22H2. The molecule has 2 heteroatoms. The molecule has 0 bridgehead atoms. The van der Waals surface area contributed by atoms with Crippen molar-refractivity contribution in [3.63, 3.8) is 0 Å². The zero-order chi connectivity index (χ0) is 38.4. The van der Waals surface area contributed by atoms with E-state index in [1.807, 2.05) is 0 Å². The summed E-state index contributed by atoms with van der Waals surface area (Å²) in [5, 5.41) is 6.30. The minimum absolute atomic E-state index is 0.306. The molecule has 0 radical (unpaired) electrons. The first-order chi connectivity index (χ1) is 28.7. The number of furan rings is 1. The third kappa shape index (κ3) is 6.06.